The smallest absolute Gasteiger partial charge is 0.0829 e. The molecule has 93 heavy (non-hydrogen) atoms. The Kier molecular flexibility index (Phi) is 28.9. The van der Waals surface area contributed by atoms with Crippen molar-refractivity contribution >= 4 is 0 Å². The molecule has 0 amide bonds. The number of ether oxygens (including phenoxy) is 1. The molecule has 13 aliphatic heterocycles. The van der Waals surface area contributed by atoms with Crippen LogP contribution in [-0.4, -0.2) is 305 Å². The van der Waals surface area contributed by atoms with Crippen LogP contribution in [0.15, 0.2) is 0 Å². The average molecular weight is 1310 g/mol. The average Bonchev–Trinajstić information content (AvgIpc) is 1.76. The third-order valence-electron chi connectivity index (χ3n) is 24.6. The van der Waals surface area contributed by atoms with Gasteiger partial charge >= 0.3 is 0 Å². The van der Waals surface area contributed by atoms with E-state index in [1.165, 1.54) is 202 Å². The molecule has 0 aromatic carbocycles. The Morgan fingerprint density at radius 2 is 0.806 bits per heavy atom. The topological polar surface area (TPSA) is 89.7 Å². The van der Waals surface area contributed by atoms with Gasteiger partial charge in [-0.2, -0.15) is 0 Å². The molecule has 0 radical (unpaired) electrons. The molecule has 15 nitrogen and oxygen atoms in total. The Bertz CT molecular complexity index is 2070. The van der Waals surface area contributed by atoms with Crippen molar-refractivity contribution in [3.05, 3.63) is 0 Å². The van der Waals surface area contributed by atoms with Crippen molar-refractivity contribution in [3.63, 3.8) is 0 Å². The number of hydrogen-bond donors (Lipinski definition) is 4. The fourth-order valence-corrected chi connectivity index (χ4v) is 17.7. The zero-order valence-corrected chi connectivity index (χ0v) is 65.7. The maximum atomic E-state index is 5.73. The molecule has 3 spiro atoms. The van der Waals surface area contributed by atoms with Gasteiger partial charge in [0.1, 0.15) is 0 Å². The van der Waals surface area contributed by atoms with Crippen LogP contribution in [0.25, 0.3) is 0 Å². The fraction of sp³-hybridized carbons (Fsp3) is 1.00. The van der Waals surface area contributed by atoms with Crippen molar-refractivity contribution in [3.8, 4) is 0 Å². The van der Waals surface area contributed by atoms with E-state index in [0.29, 0.717) is 55.6 Å². The summed E-state index contributed by atoms with van der Waals surface area (Å²) < 4.78 is 5.73. The highest BCUT2D eigenvalue weighted by Crippen LogP contribution is 2.44. The molecule has 13 rings (SSSR count). The van der Waals surface area contributed by atoms with Gasteiger partial charge in [-0.1, -0.05) is 7.43 Å². The number of likely N-dealkylation sites (tertiary alicyclic amines) is 8. The summed E-state index contributed by atoms with van der Waals surface area (Å²) in [5.41, 5.74) is 4.47. The van der Waals surface area contributed by atoms with Crippen LogP contribution in [0, 0.1) is 45.8 Å². The number of morpholine rings is 1. The molecule has 0 saturated carbocycles. The van der Waals surface area contributed by atoms with Crippen LogP contribution < -0.4 is 21.3 Å². The quantitative estimate of drug-likeness (QED) is 0.212. The molecule has 0 aromatic rings. The van der Waals surface area contributed by atoms with E-state index in [1.807, 2.05) is 0 Å². The molecule has 0 aliphatic carbocycles. The highest BCUT2D eigenvalue weighted by Gasteiger charge is 2.49. The molecule has 13 saturated heterocycles. The first kappa shape index (κ1) is 81.4. The van der Waals surface area contributed by atoms with Crippen LogP contribution >= 0.6 is 0 Å². The molecule has 8 atom stereocenters. The molecular weight excluding hydrogens is 1150 g/mol. The van der Waals surface area contributed by atoms with E-state index in [-0.39, 0.29) is 13.0 Å². The molecule has 4 N–H and O–H groups in total. The van der Waals surface area contributed by atoms with E-state index in [2.05, 4.69) is 244 Å². The summed E-state index contributed by atoms with van der Waals surface area (Å²) in [6, 6.07) is 0.847. The Labute approximate surface area is 578 Å². The maximum Gasteiger partial charge on any atom is 0.0829 e. The van der Waals surface area contributed by atoms with Crippen molar-refractivity contribution in [1.82, 2.24) is 70.3 Å². The van der Waals surface area contributed by atoms with Crippen LogP contribution in [0.3, 0.4) is 0 Å². The van der Waals surface area contributed by atoms with Gasteiger partial charge in [-0.15, -0.1) is 0 Å². The van der Waals surface area contributed by atoms with E-state index in [4.69, 9.17) is 4.74 Å². The van der Waals surface area contributed by atoms with Gasteiger partial charge in [-0.25, -0.2) is 0 Å². The van der Waals surface area contributed by atoms with Gasteiger partial charge in [-0.3, -0.25) is 34.3 Å². The third kappa shape index (κ3) is 23.7. The lowest BCUT2D eigenvalue weighted by Gasteiger charge is -2.57. The number of rotatable bonds is 2. The molecule has 2 unspecified atom stereocenters. The van der Waals surface area contributed by atoms with Crippen LogP contribution in [0.1, 0.15) is 204 Å². The zero-order valence-electron chi connectivity index (χ0n) is 65.7. The largest absolute Gasteiger partial charge is 0.374 e. The van der Waals surface area contributed by atoms with E-state index in [1.54, 1.807) is 0 Å². The van der Waals surface area contributed by atoms with Gasteiger partial charge in [0.2, 0.25) is 0 Å². The van der Waals surface area contributed by atoms with Gasteiger partial charge in [0, 0.05) is 168 Å². The van der Waals surface area contributed by atoms with Gasteiger partial charge in [0.15, 0.2) is 0 Å². The van der Waals surface area contributed by atoms with E-state index in [9.17, 15) is 0 Å². The van der Waals surface area contributed by atoms with Crippen LogP contribution in [-0.2, 0) is 4.74 Å². The minimum atomic E-state index is 0. The summed E-state index contributed by atoms with van der Waals surface area (Å²) in [5.74, 6) is 4.71. The molecule has 13 fully saturated rings. The van der Waals surface area contributed by atoms with Gasteiger partial charge in [0.05, 0.1) is 12.7 Å². The first-order valence-corrected chi connectivity index (χ1v) is 38.2. The van der Waals surface area contributed by atoms with Crippen molar-refractivity contribution in [2.45, 2.75) is 255 Å². The lowest BCUT2D eigenvalue weighted by Crippen LogP contribution is -2.66. The number of nitrogens with zero attached hydrogens (tertiary/aromatic N) is 10. The molecule has 13 aliphatic rings. The first-order chi connectivity index (χ1) is 42.5. The Balaban J connectivity index is 0.000000172. The minimum Gasteiger partial charge on any atom is -0.374 e. The molecule has 15 heteroatoms. The second kappa shape index (κ2) is 33.0. The van der Waals surface area contributed by atoms with Crippen LogP contribution in [0.5, 0.6) is 0 Å². The second-order valence-electron chi connectivity index (χ2n) is 39.8. The Hall–Kier alpha value is -0.600. The summed E-state index contributed by atoms with van der Waals surface area (Å²) in [6.07, 6.45) is 11.6. The SMILES string of the molecule is C.CC(C)(C)N1CC2(CCCNC2)C1.CC(C)(C)N1CC2(CCNCC2)C1.CC(C)(C)N1CCC2(CCCNC2)C1.CC(C)(C)N1C[C@H]2CNC[C@H]2C1.CN(C)CC1CN(C(C)(C)C)CCO1.CN1CC[C@@H]2CN(C(C)(C)C)C[C@@H]21.CN1C[C@@H]2CN(C(C)(C)C)C[C@@H]2C1. The minimum absolute atomic E-state index is 0. The van der Waals surface area contributed by atoms with Crippen molar-refractivity contribution < 1.29 is 4.74 Å². The highest BCUT2D eigenvalue weighted by atomic mass is 16.5. The molecule has 13 heterocycles. The van der Waals surface area contributed by atoms with Crippen molar-refractivity contribution in [2.75, 3.05) is 205 Å². The van der Waals surface area contributed by atoms with E-state index in [0.717, 1.165) is 61.9 Å². The molecule has 0 aromatic heterocycles. The number of fused-ring (bicyclic) bond motifs is 3. The fourth-order valence-electron chi connectivity index (χ4n) is 17.7. The number of piperidine rings is 3. The summed E-state index contributed by atoms with van der Waals surface area (Å²) in [6.45, 7) is 82.3. The van der Waals surface area contributed by atoms with Crippen molar-refractivity contribution in [1.29, 1.82) is 0 Å². The van der Waals surface area contributed by atoms with Crippen LogP contribution in [0.2, 0.25) is 0 Å². The summed E-state index contributed by atoms with van der Waals surface area (Å²) >= 11 is 0. The molecule has 0 bridgehead atoms. The zero-order chi connectivity index (χ0) is 68.1. The summed E-state index contributed by atoms with van der Waals surface area (Å²) in [4.78, 5) is 25.5. The van der Waals surface area contributed by atoms with Crippen LogP contribution in [0.4, 0.5) is 0 Å². The van der Waals surface area contributed by atoms with Gasteiger partial charge in [-0.05, 0) is 318 Å². The first-order valence-electron chi connectivity index (χ1n) is 38.2. The predicted octanol–water partition coefficient (Wildman–Crippen LogP) is 10.1. The molecule has 548 valence electrons. The Morgan fingerprint density at radius 1 is 0.387 bits per heavy atom. The van der Waals surface area contributed by atoms with Gasteiger partial charge < -0.3 is 40.7 Å². The summed E-state index contributed by atoms with van der Waals surface area (Å²) in [5, 5.41) is 14.0. The standard InChI is InChI=1S/C12H24N2.C11H24N2O.4C11H22N2.C10H20N2.CH4/c1-11(2,3)14-8-6-12(10-14)5-4-7-13-9-12;1-11(2,3)13-6-7-14-10(9-13)8-12(4)5;1-11(2,3)13-7-9-5-12(4)6-10(9)8-13;1-11(2,3)13-7-9-5-6-12(4)10(9)8-13;1-10(2,3)13-8-11(9-13)4-6-12-7-5-11;1-10(2,3)13-8-11(9-13)5-4-6-12-7-11;1-10(2,3)12-6-8-4-11-5-9(8)7-12;/h13H,4-10H2,1-3H3;10H,6-9H2,1-5H3;2*9-10H,5-8H2,1-4H3;2*12H,4-9H2,1-3H3;8-9,11H,4-7H2,1-3H3;1H4/t;;2*9-,10+;;;8-,9+;/m...1..../s1. The lowest BCUT2D eigenvalue weighted by atomic mass is 9.71. The van der Waals surface area contributed by atoms with Crippen molar-refractivity contribution in [2.24, 2.45) is 45.8 Å². The number of likely N-dealkylation sites (N-methyl/N-ethyl adjacent to an activating group) is 2. The number of hydrogen-bond acceptors (Lipinski definition) is 15. The molecular formula is C78H160N14O. The summed E-state index contributed by atoms with van der Waals surface area (Å²) in [7, 11) is 8.72. The van der Waals surface area contributed by atoms with Gasteiger partial charge in [0.25, 0.3) is 0 Å². The monoisotopic (exact) mass is 1310 g/mol. The highest BCUT2D eigenvalue weighted by molar-refractivity contribution is 5.05. The van der Waals surface area contributed by atoms with E-state index < -0.39 is 0 Å². The normalized spacial score (nSPS) is 32.4. The Morgan fingerprint density at radius 3 is 1.23 bits per heavy atom. The second-order valence-corrected chi connectivity index (χ2v) is 39.8. The van der Waals surface area contributed by atoms with E-state index >= 15 is 0 Å². The predicted molar refractivity (Wildman–Crippen MR) is 401 cm³/mol. The third-order valence-corrected chi connectivity index (χ3v) is 24.6. The lowest BCUT2D eigenvalue weighted by molar-refractivity contribution is -0.0747. The maximum absolute atomic E-state index is 5.73. The number of nitrogens with one attached hydrogen (secondary N) is 4.